The number of rotatable bonds is 10. The number of ether oxygens (including phenoxy) is 1. The van der Waals surface area contributed by atoms with E-state index >= 15 is 0 Å². The molecule has 0 aliphatic rings. The maximum atomic E-state index is 5.69. The van der Waals surface area contributed by atoms with Gasteiger partial charge in [0, 0.05) is 18.6 Å². The topological polar surface area (TPSA) is 24.5 Å². The Morgan fingerprint density at radius 1 is 1.14 bits per heavy atom. The molecule has 1 rings (SSSR count). The van der Waals surface area contributed by atoms with Crippen molar-refractivity contribution in [2.75, 3.05) is 26.7 Å². The fourth-order valence-electron chi connectivity index (χ4n) is 2.76. The second-order valence-electron chi connectivity index (χ2n) is 5.82. The molecule has 0 bridgehead atoms. The molecule has 0 spiro atoms. The Kier molecular flexibility index (Phi) is 8.58. The van der Waals surface area contributed by atoms with Crippen molar-refractivity contribution in [2.24, 2.45) is 0 Å². The zero-order valence-corrected chi connectivity index (χ0v) is 14.3. The standard InChI is InChI=1S/C18H32N2O/c1-6-17(20(5)13-14-21-15(3)4)18(19-7-2)16-11-9-8-10-12-16/h8-12,15,17-19H,6-7,13-14H2,1-5H3. The Balaban J connectivity index is 2.72. The fraction of sp³-hybridized carbons (Fsp3) is 0.667. The monoisotopic (exact) mass is 292 g/mol. The number of hydrogen-bond donors (Lipinski definition) is 1. The maximum Gasteiger partial charge on any atom is 0.0596 e. The minimum absolute atomic E-state index is 0.303. The molecule has 2 unspecified atom stereocenters. The summed E-state index contributed by atoms with van der Waals surface area (Å²) < 4.78 is 5.69. The van der Waals surface area contributed by atoms with Gasteiger partial charge < -0.3 is 10.1 Å². The van der Waals surface area contributed by atoms with E-state index in [0.717, 1.165) is 26.1 Å². The van der Waals surface area contributed by atoms with Crippen molar-refractivity contribution in [2.45, 2.75) is 52.3 Å². The quantitative estimate of drug-likeness (QED) is 0.714. The summed E-state index contributed by atoms with van der Waals surface area (Å²) in [6, 6.07) is 11.6. The molecule has 0 amide bonds. The van der Waals surface area contributed by atoms with Gasteiger partial charge in [0.25, 0.3) is 0 Å². The average Bonchev–Trinajstić information content (AvgIpc) is 2.47. The highest BCUT2D eigenvalue weighted by Crippen LogP contribution is 2.22. The highest BCUT2D eigenvalue weighted by Gasteiger charge is 2.24. The van der Waals surface area contributed by atoms with Crippen LogP contribution in [0.1, 0.15) is 45.7 Å². The average molecular weight is 292 g/mol. The van der Waals surface area contributed by atoms with Crippen LogP contribution in [-0.2, 0) is 4.74 Å². The maximum absolute atomic E-state index is 5.69. The third-order valence-corrected chi connectivity index (χ3v) is 3.85. The van der Waals surface area contributed by atoms with Crippen LogP contribution in [0.5, 0.6) is 0 Å². The third kappa shape index (κ3) is 6.16. The number of nitrogens with one attached hydrogen (secondary N) is 1. The molecule has 1 aromatic carbocycles. The Bertz CT molecular complexity index is 367. The zero-order chi connectivity index (χ0) is 15.7. The van der Waals surface area contributed by atoms with Crippen molar-refractivity contribution in [3.63, 3.8) is 0 Å². The molecule has 0 aromatic heterocycles. The summed E-state index contributed by atoms with van der Waals surface area (Å²) in [5.74, 6) is 0. The van der Waals surface area contributed by atoms with Crippen molar-refractivity contribution in [3.05, 3.63) is 35.9 Å². The van der Waals surface area contributed by atoms with E-state index < -0.39 is 0 Å². The molecule has 1 aromatic rings. The van der Waals surface area contributed by atoms with Crippen LogP contribution in [0.2, 0.25) is 0 Å². The van der Waals surface area contributed by atoms with Gasteiger partial charge in [-0.25, -0.2) is 0 Å². The first-order valence-electron chi connectivity index (χ1n) is 8.20. The summed E-state index contributed by atoms with van der Waals surface area (Å²) in [6.45, 7) is 11.3. The molecular formula is C18H32N2O. The number of likely N-dealkylation sites (N-methyl/N-ethyl adjacent to an activating group) is 2. The van der Waals surface area contributed by atoms with Crippen LogP contribution < -0.4 is 5.32 Å². The lowest BCUT2D eigenvalue weighted by molar-refractivity contribution is 0.0506. The number of hydrogen-bond acceptors (Lipinski definition) is 3. The fourth-order valence-corrected chi connectivity index (χ4v) is 2.76. The third-order valence-electron chi connectivity index (χ3n) is 3.85. The van der Waals surface area contributed by atoms with E-state index in [1.165, 1.54) is 5.56 Å². The van der Waals surface area contributed by atoms with Crippen LogP contribution in [0.4, 0.5) is 0 Å². The van der Waals surface area contributed by atoms with Crippen molar-refractivity contribution in [3.8, 4) is 0 Å². The van der Waals surface area contributed by atoms with Gasteiger partial charge in [-0.1, -0.05) is 44.2 Å². The van der Waals surface area contributed by atoms with Crippen molar-refractivity contribution in [1.29, 1.82) is 0 Å². The van der Waals surface area contributed by atoms with Crippen LogP contribution in [0.25, 0.3) is 0 Å². The lowest BCUT2D eigenvalue weighted by Crippen LogP contribution is -2.44. The second kappa shape index (κ2) is 9.93. The molecule has 0 radical (unpaired) electrons. The Hall–Kier alpha value is -0.900. The van der Waals surface area contributed by atoms with Crippen molar-refractivity contribution < 1.29 is 4.74 Å². The predicted octanol–water partition coefficient (Wildman–Crippen LogP) is 3.47. The summed E-state index contributed by atoms with van der Waals surface area (Å²) >= 11 is 0. The Morgan fingerprint density at radius 2 is 1.81 bits per heavy atom. The zero-order valence-electron chi connectivity index (χ0n) is 14.3. The normalized spacial score (nSPS) is 14.6. The molecule has 0 saturated carbocycles. The second-order valence-corrected chi connectivity index (χ2v) is 5.82. The smallest absolute Gasteiger partial charge is 0.0596 e. The highest BCUT2D eigenvalue weighted by atomic mass is 16.5. The Labute approximate surface area is 130 Å². The van der Waals surface area contributed by atoms with Gasteiger partial charge in [-0.15, -0.1) is 0 Å². The summed E-state index contributed by atoms with van der Waals surface area (Å²) in [5, 5.41) is 3.65. The molecule has 0 aliphatic heterocycles. The van der Waals surface area contributed by atoms with Gasteiger partial charge in [-0.3, -0.25) is 4.90 Å². The number of nitrogens with zero attached hydrogens (tertiary/aromatic N) is 1. The molecule has 3 heteroatoms. The van der Waals surface area contributed by atoms with Crippen LogP contribution >= 0.6 is 0 Å². The molecular weight excluding hydrogens is 260 g/mol. The van der Waals surface area contributed by atoms with E-state index in [4.69, 9.17) is 4.74 Å². The van der Waals surface area contributed by atoms with Crippen LogP contribution in [0.3, 0.4) is 0 Å². The van der Waals surface area contributed by atoms with Gasteiger partial charge in [0.15, 0.2) is 0 Å². The number of benzene rings is 1. The minimum atomic E-state index is 0.303. The first-order valence-corrected chi connectivity index (χ1v) is 8.20. The first kappa shape index (κ1) is 18.1. The van der Waals surface area contributed by atoms with E-state index in [1.807, 2.05) is 0 Å². The summed E-state index contributed by atoms with van der Waals surface area (Å²) in [4.78, 5) is 2.42. The lowest BCUT2D eigenvalue weighted by atomic mass is 9.96. The molecule has 0 saturated heterocycles. The van der Waals surface area contributed by atoms with Crippen LogP contribution in [0.15, 0.2) is 30.3 Å². The summed E-state index contributed by atoms with van der Waals surface area (Å²) in [7, 11) is 2.20. The van der Waals surface area contributed by atoms with Gasteiger partial charge in [0.1, 0.15) is 0 Å². The van der Waals surface area contributed by atoms with Crippen LogP contribution in [-0.4, -0.2) is 43.8 Å². The first-order chi connectivity index (χ1) is 10.1. The van der Waals surface area contributed by atoms with Gasteiger partial charge in [0.2, 0.25) is 0 Å². The molecule has 1 N–H and O–H groups in total. The molecule has 120 valence electrons. The van der Waals surface area contributed by atoms with Crippen LogP contribution in [0, 0.1) is 0 Å². The van der Waals surface area contributed by atoms with E-state index in [1.54, 1.807) is 0 Å². The van der Waals surface area contributed by atoms with Crippen molar-refractivity contribution >= 4 is 0 Å². The van der Waals surface area contributed by atoms with Gasteiger partial charge in [-0.05, 0) is 39.4 Å². The molecule has 0 fully saturated rings. The van der Waals surface area contributed by atoms with E-state index in [-0.39, 0.29) is 0 Å². The molecule has 3 nitrogen and oxygen atoms in total. The largest absolute Gasteiger partial charge is 0.377 e. The minimum Gasteiger partial charge on any atom is -0.377 e. The van der Waals surface area contributed by atoms with Gasteiger partial charge >= 0.3 is 0 Å². The molecule has 0 aliphatic carbocycles. The summed E-state index contributed by atoms with van der Waals surface area (Å²) in [5.41, 5.74) is 1.36. The Morgan fingerprint density at radius 3 is 2.33 bits per heavy atom. The SMILES string of the molecule is CCNC(c1ccccc1)C(CC)N(C)CCOC(C)C. The molecule has 2 atom stereocenters. The van der Waals surface area contributed by atoms with Gasteiger partial charge in [0.05, 0.1) is 12.7 Å². The van der Waals surface area contributed by atoms with E-state index in [9.17, 15) is 0 Å². The van der Waals surface area contributed by atoms with Gasteiger partial charge in [-0.2, -0.15) is 0 Å². The lowest BCUT2D eigenvalue weighted by Gasteiger charge is -2.35. The van der Waals surface area contributed by atoms with E-state index in [0.29, 0.717) is 18.2 Å². The van der Waals surface area contributed by atoms with E-state index in [2.05, 4.69) is 75.3 Å². The highest BCUT2D eigenvalue weighted by molar-refractivity contribution is 5.20. The van der Waals surface area contributed by atoms with Crippen molar-refractivity contribution in [1.82, 2.24) is 10.2 Å². The summed E-state index contributed by atoms with van der Waals surface area (Å²) in [6.07, 6.45) is 1.42. The predicted molar refractivity (Wildman–Crippen MR) is 90.7 cm³/mol. The molecule has 0 heterocycles. The molecule has 21 heavy (non-hydrogen) atoms.